The molecule has 2 N–H and O–H groups in total. The van der Waals surface area contributed by atoms with E-state index in [0.29, 0.717) is 5.92 Å². The van der Waals surface area contributed by atoms with E-state index in [1.165, 1.54) is 5.56 Å². The lowest BCUT2D eigenvalue weighted by Gasteiger charge is -2.02. The predicted molar refractivity (Wildman–Crippen MR) is 43.8 cm³/mol. The molecule has 1 heteroatoms. The number of hydrogen-bond acceptors (Lipinski definition) is 1. The molecule has 0 aliphatic rings. The Labute approximate surface area is 61.9 Å². The minimum atomic E-state index is 0.542. The highest BCUT2D eigenvalue weighted by Gasteiger charge is 1.96. The van der Waals surface area contributed by atoms with Crippen molar-refractivity contribution >= 4 is 5.69 Å². The second-order valence-electron chi connectivity index (χ2n) is 2.73. The fraction of sp³-hybridized carbons (Fsp3) is 0.333. The number of hydrogen-bond donors (Lipinski definition) is 1. The molecule has 0 aliphatic carbocycles. The monoisotopic (exact) mass is 134 g/mol. The van der Waals surface area contributed by atoms with Crippen LogP contribution in [0.25, 0.3) is 0 Å². The van der Waals surface area contributed by atoms with E-state index in [-0.39, 0.29) is 0 Å². The van der Waals surface area contributed by atoms with Crippen LogP contribution in [-0.2, 0) is 0 Å². The summed E-state index contributed by atoms with van der Waals surface area (Å²) in [6, 6.07) is 8.85. The van der Waals surface area contributed by atoms with Gasteiger partial charge in [0.05, 0.1) is 0 Å². The van der Waals surface area contributed by atoms with E-state index in [1.54, 1.807) is 0 Å². The van der Waals surface area contributed by atoms with Crippen molar-refractivity contribution in [2.75, 3.05) is 5.73 Å². The predicted octanol–water partition coefficient (Wildman–Crippen LogP) is 2.19. The van der Waals surface area contributed by atoms with E-state index >= 15 is 0 Å². The molecule has 1 radical (unpaired) electrons. The van der Waals surface area contributed by atoms with Crippen molar-refractivity contribution in [1.82, 2.24) is 0 Å². The summed E-state index contributed by atoms with van der Waals surface area (Å²) in [5.41, 5.74) is 7.49. The zero-order valence-corrected chi connectivity index (χ0v) is 6.39. The molecule has 0 fully saturated rings. The fourth-order valence-electron chi connectivity index (χ4n) is 0.808. The Bertz CT molecular complexity index is 198. The van der Waals surface area contributed by atoms with Gasteiger partial charge in [-0.25, -0.2) is 0 Å². The quantitative estimate of drug-likeness (QED) is 0.585. The first-order valence-electron chi connectivity index (χ1n) is 3.47. The topological polar surface area (TPSA) is 26.0 Å². The molecule has 0 saturated heterocycles. The van der Waals surface area contributed by atoms with Gasteiger partial charge in [0.1, 0.15) is 0 Å². The summed E-state index contributed by atoms with van der Waals surface area (Å²) in [5, 5.41) is 0. The minimum absolute atomic E-state index is 0.542. The zero-order chi connectivity index (χ0) is 7.56. The second-order valence-corrected chi connectivity index (χ2v) is 2.73. The number of rotatable bonds is 1. The average Bonchev–Trinajstić information content (AvgIpc) is 1.88. The van der Waals surface area contributed by atoms with Crippen LogP contribution in [-0.4, -0.2) is 0 Å². The van der Waals surface area contributed by atoms with Crippen LogP contribution in [0.1, 0.15) is 25.3 Å². The lowest BCUT2D eigenvalue weighted by atomic mass is 10.0. The fourth-order valence-corrected chi connectivity index (χ4v) is 0.808. The first kappa shape index (κ1) is 7.13. The van der Waals surface area contributed by atoms with Gasteiger partial charge in [0.15, 0.2) is 0 Å². The Hall–Kier alpha value is -0.980. The molecule has 0 aliphatic heterocycles. The normalized spacial score (nSPS) is 10.3. The van der Waals surface area contributed by atoms with E-state index in [9.17, 15) is 0 Å². The van der Waals surface area contributed by atoms with Gasteiger partial charge >= 0.3 is 0 Å². The van der Waals surface area contributed by atoms with Crippen LogP contribution in [0.2, 0.25) is 0 Å². The SMILES string of the molecule is CC(C)c1[c]cc(N)cc1. The molecule has 0 unspecified atom stereocenters. The van der Waals surface area contributed by atoms with Gasteiger partial charge in [-0.3, -0.25) is 0 Å². The summed E-state index contributed by atoms with van der Waals surface area (Å²) >= 11 is 0. The third kappa shape index (κ3) is 1.50. The van der Waals surface area contributed by atoms with Crippen molar-refractivity contribution in [3.63, 3.8) is 0 Å². The Balaban J connectivity index is 2.89. The molecule has 0 bridgehead atoms. The Kier molecular flexibility index (Phi) is 1.95. The summed E-state index contributed by atoms with van der Waals surface area (Å²) in [4.78, 5) is 0. The van der Waals surface area contributed by atoms with Crippen LogP contribution in [0.5, 0.6) is 0 Å². The lowest BCUT2D eigenvalue weighted by molar-refractivity contribution is 0.865. The maximum absolute atomic E-state index is 5.50. The van der Waals surface area contributed by atoms with Crippen molar-refractivity contribution in [3.8, 4) is 0 Å². The molecule has 0 amide bonds. The summed E-state index contributed by atoms with van der Waals surface area (Å²) in [7, 11) is 0. The van der Waals surface area contributed by atoms with Gasteiger partial charge in [0.25, 0.3) is 0 Å². The lowest BCUT2D eigenvalue weighted by Crippen LogP contribution is -1.88. The standard InChI is InChI=1S/C9H12N/c1-7(2)8-3-5-9(10)6-4-8/h3,5-7H,10H2,1-2H3. The van der Waals surface area contributed by atoms with E-state index < -0.39 is 0 Å². The second kappa shape index (κ2) is 2.74. The molecule has 53 valence electrons. The van der Waals surface area contributed by atoms with Crippen LogP contribution in [0.3, 0.4) is 0 Å². The van der Waals surface area contributed by atoms with Gasteiger partial charge in [0.2, 0.25) is 0 Å². The zero-order valence-electron chi connectivity index (χ0n) is 6.39. The molecule has 1 nitrogen and oxygen atoms in total. The van der Waals surface area contributed by atoms with Gasteiger partial charge < -0.3 is 5.73 Å². The molecule has 0 heterocycles. The molecule has 0 spiro atoms. The number of benzene rings is 1. The average molecular weight is 134 g/mol. The number of anilines is 1. The molecule has 1 rings (SSSR count). The molecule has 0 atom stereocenters. The van der Waals surface area contributed by atoms with Crippen LogP contribution in [0, 0.1) is 6.07 Å². The summed E-state index contributed by atoms with van der Waals surface area (Å²) < 4.78 is 0. The van der Waals surface area contributed by atoms with Gasteiger partial charge in [-0.05, 0) is 29.7 Å². The van der Waals surface area contributed by atoms with Crippen molar-refractivity contribution in [2.24, 2.45) is 0 Å². The molecule has 10 heavy (non-hydrogen) atoms. The van der Waals surface area contributed by atoms with Gasteiger partial charge in [-0.1, -0.05) is 19.9 Å². The van der Waals surface area contributed by atoms with Gasteiger partial charge in [-0.15, -0.1) is 0 Å². The minimum Gasteiger partial charge on any atom is -0.399 e. The molecular weight excluding hydrogens is 122 g/mol. The highest BCUT2D eigenvalue weighted by molar-refractivity contribution is 5.39. The highest BCUT2D eigenvalue weighted by atomic mass is 14.5. The number of nitrogens with two attached hydrogens (primary N) is 1. The van der Waals surface area contributed by atoms with E-state index in [4.69, 9.17) is 5.73 Å². The molecule has 1 aromatic rings. The van der Waals surface area contributed by atoms with Gasteiger partial charge in [-0.2, -0.15) is 0 Å². The molecule has 0 saturated carbocycles. The van der Waals surface area contributed by atoms with Gasteiger partial charge in [0, 0.05) is 5.69 Å². The largest absolute Gasteiger partial charge is 0.399 e. The first-order valence-corrected chi connectivity index (χ1v) is 3.47. The maximum Gasteiger partial charge on any atom is 0.0320 e. The molecule has 0 aromatic heterocycles. The van der Waals surface area contributed by atoms with Crippen LogP contribution in [0.4, 0.5) is 5.69 Å². The summed E-state index contributed by atoms with van der Waals surface area (Å²) in [6.07, 6.45) is 0. The van der Waals surface area contributed by atoms with E-state index in [0.717, 1.165) is 5.69 Å². The summed E-state index contributed by atoms with van der Waals surface area (Å²) in [6.45, 7) is 4.28. The maximum atomic E-state index is 5.50. The first-order chi connectivity index (χ1) is 4.70. The van der Waals surface area contributed by atoms with Crippen molar-refractivity contribution in [3.05, 3.63) is 29.8 Å². The van der Waals surface area contributed by atoms with E-state index in [2.05, 4.69) is 19.9 Å². The molecule has 1 aromatic carbocycles. The summed E-state index contributed by atoms with van der Waals surface area (Å²) in [5.74, 6) is 0.542. The third-order valence-corrected chi connectivity index (χ3v) is 1.48. The van der Waals surface area contributed by atoms with E-state index in [1.807, 2.05) is 18.2 Å². The third-order valence-electron chi connectivity index (χ3n) is 1.48. The Morgan fingerprint density at radius 3 is 2.50 bits per heavy atom. The van der Waals surface area contributed by atoms with Crippen molar-refractivity contribution in [2.45, 2.75) is 19.8 Å². The number of nitrogen functional groups attached to an aromatic ring is 1. The van der Waals surface area contributed by atoms with Crippen LogP contribution < -0.4 is 5.73 Å². The molecular formula is C9H12N. The smallest absolute Gasteiger partial charge is 0.0320 e. The Morgan fingerprint density at radius 2 is 2.10 bits per heavy atom. The van der Waals surface area contributed by atoms with Crippen LogP contribution >= 0.6 is 0 Å². The van der Waals surface area contributed by atoms with Crippen molar-refractivity contribution < 1.29 is 0 Å². The highest BCUT2D eigenvalue weighted by Crippen LogP contribution is 2.14. The van der Waals surface area contributed by atoms with Crippen molar-refractivity contribution in [1.29, 1.82) is 0 Å². The Morgan fingerprint density at radius 1 is 1.40 bits per heavy atom. The van der Waals surface area contributed by atoms with Crippen LogP contribution in [0.15, 0.2) is 18.2 Å².